The van der Waals surface area contributed by atoms with Gasteiger partial charge in [-0.2, -0.15) is 10.2 Å². The van der Waals surface area contributed by atoms with E-state index in [0.717, 1.165) is 45.7 Å². The van der Waals surface area contributed by atoms with Gasteiger partial charge in [-0.25, -0.2) is 9.50 Å². The van der Waals surface area contributed by atoms with Crippen molar-refractivity contribution in [1.82, 2.24) is 24.8 Å². The Hall–Kier alpha value is -1.69. The number of hydrogen-bond acceptors (Lipinski definition) is 3. The van der Waals surface area contributed by atoms with Crippen LogP contribution in [0.4, 0.5) is 0 Å². The van der Waals surface area contributed by atoms with Crippen molar-refractivity contribution >= 4 is 21.6 Å². The zero-order chi connectivity index (χ0) is 15.9. The van der Waals surface area contributed by atoms with Gasteiger partial charge in [0.1, 0.15) is 5.69 Å². The molecule has 3 aromatic rings. The third-order valence-electron chi connectivity index (χ3n) is 4.16. The highest BCUT2D eigenvalue weighted by molar-refractivity contribution is 9.10. The van der Waals surface area contributed by atoms with Crippen molar-refractivity contribution in [3.63, 3.8) is 0 Å². The van der Waals surface area contributed by atoms with Gasteiger partial charge in [0.2, 0.25) is 0 Å². The van der Waals surface area contributed by atoms with Crippen LogP contribution in [0.3, 0.4) is 0 Å². The molecule has 1 N–H and O–H groups in total. The molecule has 0 saturated carbocycles. The number of H-pyrrole nitrogens is 1. The average molecular weight is 362 g/mol. The Morgan fingerprint density at radius 3 is 2.59 bits per heavy atom. The number of fused-ring (bicyclic) bond motifs is 1. The summed E-state index contributed by atoms with van der Waals surface area (Å²) in [6.45, 7) is 8.50. The molecule has 0 spiro atoms. The molecular formula is C16H20BrN5. The van der Waals surface area contributed by atoms with E-state index in [1.165, 1.54) is 5.56 Å². The van der Waals surface area contributed by atoms with Gasteiger partial charge >= 0.3 is 0 Å². The SMILES string of the molecule is CCC(CC)c1cc(C)nn2c(-c3[nH]ncc3Br)c(C)nc12. The van der Waals surface area contributed by atoms with Gasteiger partial charge in [0.15, 0.2) is 5.65 Å². The van der Waals surface area contributed by atoms with Crippen LogP contribution in [0.2, 0.25) is 0 Å². The summed E-state index contributed by atoms with van der Waals surface area (Å²) < 4.78 is 2.88. The van der Waals surface area contributed by atoms with Crippen LogP contribution in [-0.4, -0.2) is 24.8 Å². The highest BCUT2D eigenvalue weighted by Crippen LogP contribution is 2.33. The second kappa shape index (κ2) is 5.83. The van der Waals surface area contributed by atoms with Crippen LogP contribution < -0.4 is 0 Å². The van der Waals surface area contributed by atoms with Crippen LogP contribution in [0.15, 0.2) is 16.7 Å². The van der Waals surface area contributed by atoms with Crippen LogP contribution >= 0.6 is 15.9 Å². The largest absolute Gasteiger partial charge is 0.275 e. The molecule has 0 aromatic carbocycles. The highest BCUT2D eigenvalue weighted by atomic mass is 79.9. The number of halogens is 1. The highest BCUT2D eigenvalue weighted by Gasteiger charge is 2.21. The first-order valence-electron chi connectivity index (χ1n) is 7.62. The maximum absolute atomic E-state index is 4.80. The van der Waals surface area contributed by atoms with E-state index in [-0.39, 0.29) is 0 Å². The molecule has 0 fully saturated rings. The zero-order valence-electron chi connectivity index (χ0n) is 13.3. The number of nitrogens with zero attached hydrogens (tertiary/aromatic N) is 4. The zero-order valence-corrected chi connectivity index (χ0v) is 14.9. The molecule has 0 bridgehead atoms. The van der Waals surface area contributed by atoms with Gasteiger partial charge in [0, 0.05) is 5.56 Å². The molecule has 116 valence electrons. The van der Waals surface area contributed by atoms with E-state index in [4.69, 9.17) is 10.1 Å². The van der Waals surface area contributed by atoms with Crippen molar-refractivity contribution in [1.29, 1.82) is 0 Å². The molecule has 0 aliphatic carbocycles. The quantitative estimate of drug-likeness (QED) is 0.748. The molecule has 22 heavy (non-hydrogen) atoms. The minimum atomic E-state index is 0.504. The lowest BCUT2D eigenvalue weighted by atomic mass is 9.95. The van der Waals surface area contributed by atoms with Crippen molar-refractivity contribution in [3.8, 4) is 11.4 Å². The molecular weight excluding hydrogens is 342 g/mol. The first-order chi connectivity index (χ1) is 10.6. The van der Waals surface area contributed by atoms with E-state index < -0.39 is 0 Å². The van der Waals surface area contributed by atoms with E-state index in [9.17, 15) is 0 Å². The van der Waals surface area contributed by atoms with Crippen LogP contribution in [0.25, 0.3) is 17.0 Å². The molecule has 3 rings (SSSR count). The third kappa shape index (κ3) is 2.35. The van der Waals surface area contributed by atoms with Crippen LogP contribution in [0.5, 0.6) is 0 Å². The lowest BCUT2D eigenvalue weighted by Gasteiger charge is -2.14. The molecule has 0 radical (unpaired) electrons. The summed E-state index contributed by atoms with van der Waals surface area (Å²) in [4.78, 5) is 4.80. The standard InChI is InChI=1S/C16H20BrN5/c1-5-11(6-2)12-7-9(3)21-22-15(10(4)19-16(12)22)14-13(17)8-18-20-14/h7-8,11H,5-6H2,1-4H3,(H,18,20). The third-order valence-corrected chi connectivity index (χ3v) is 4.77. The molecule has 5 nitrogen and oxygen atoms in total. The Kier molecular flexibility index (Phi) is 4.04. The van der Waals surface area contributed by atoms with Gasteiger partial charge in [-0.05, 0) is 54.6 Å². The van der Waals surface area contributed by atoms with E-state index in [1.807, 2.05) is 18.4 Å². The summed E-state index contributed by atoms with van der Waals surface area (Å²) in [5.74, 6) is 0.504. The van der Waals surface area contributed by atoms with Gasteiger partial charge in [0.05, 0.1) is 27.8 Å². The summed E-state index contributed by atoms with van der Waals surface area (Å²) in [5, 5.41) is 11.8. The van der Waals surface area contributed by atoms with Crippen molar-refractivity contribution in [2.24, 2.45) is 0 Å². The average Bonchev–Trinajstić information content (AvgIpc) is 3.03. The van der Waals surface area contributed by atoms with Gasteiger partial charge in [-0.3, -0.25) is 5.10 Å². The number of aryl methyl sites for hydroxylation is 2. The van der Waals surface area contributed by atoms with Crippen molar-refractivity contribution in [2.75, 3.05) is 0 Å². The van der Waals surface area contributed by atoms with E-state index in [2.05, 4.69) is 46.0 Å². The van der Waals surface area contributed by atoms with E-state index in [0.29, 0.717) is 5.92 Å². The number of hydrogen-bond donors (Lipinski definition) is 1. The molecule has 0 aliphatic rings. The molecule has 0 amide bonds. The number of nitrogens with one attached hydrogen (secondary N) is 1. The second-order valence-corrected chi connectivity index (χ2v) is 6.48. The topological polar surface area (TPSA) is 58.9 Å². The number of aromatic amines is 1. The van der Waals surface area contributed by atoms with Crippen LogP contribution in [0, 0.1) is 13.8 Å². The Morgan fingerprint density at radius 2 is 2.00 bits per heavy atom. The number of rotatable bonds is 4. The second-order valence-electron chi connectivity index (χ2n) is 5.63. The smallest absolute Gasteiger partial charge is 0.158 e. The Labute approximate surface area is 138 Å². The summed E-state index contributed by atoms with van der Waals surface area (Å²) in [6.07, 6.45) is 3.96. The molecule has 3 heterocycles. The minimum Gasteiger partial charge on any atom is -0.275 e. The summed E-state index contributed by atoms with van der Waals surface area (Å²) in [7, 11) is 0. The maximum Gasteiger partial charge on any atom is 0.158 e. The van der Waals surface area contributed by atoms with E-state index >= 15 is 0 Å². The van der Waals surface area contributed by atoms with Gasteiger partial charge < -0.3 is 0 Å². The Morgan fingerprint density at radius 1 is 1.27 bits per heavy atom. The molecule has 3 aromatic heterocycles. The van der Waals surface area contributed by atoms with Gasteiger partial charge in [-0.1, -0.05) is 13.8 Å². The lowest BCUT2D eigenvalue weighted by Crippen LogP contribution is -2.05. The van der Waals surface area contributed by atoms with E-state index in [1.54, 1.807) is 6.20 Å². The minimum absolute atomic E-state index is 0.504. The molecule has 0 atom stereocenters. The monoisotopic (exact) mass is 361 g/mol. The molecule has 0 unspecified atom stereocenters. The predicted octanol–water partition coefficient (Wildman–Crippen LogP) is 4.40. The number of aromatic nitrogens is 5. The van der Waals surface area contributed by atoms with Crippen molar-refractivity contribution in [3.05, 3.63) is 33.7 Å². The molecule has 0 saturated heterocycles. The number of imidazole rings is 1. The summed E-state index contributed by atoms with van der Waals surface area (Å²) in [5.41, 5.74) is 6.07. The van der Waals surface area contributed by atoms with Crippen molar-refractivity contribution in [2.45, 2.75) is 46.5 Å². The predicted molar refractivity (Wildman–Crippen MR) is 91.1 cm³/mol. The van der Waals surface area contributed by atoms with Gasteiger partial charge in [0.25, 0.3) is 0 Å². The fourth-order valence-electron chi connectivity index (χ4n) is 3.03. The molecule has 6 heteroatoms. The van der Waals surface area contributed by atoms with Gasteiger partial charge in [-0.15, -0.1) is 0 Å². The molecule has 0 aliphatic heterocycles. The Bertz CT molecular complexity index is 813. The lowest BCUT2D eigenvalue weighted by molar-refractivity contribution is 0.638. The first kappa shape index (κ1) is 15.2. The first-order valence-corrected chi connectivity index (χ1v) is 8.42. The fraction of sp³-hybridized carbons (Fsp3) is 0.438. The van der Waals surface area contributed by atoms with Crippen LogP contribution in [0.1, 0.15) is 49.6 Å². The van der Waals surface area contributed by atoms with Crippen LogP contribution in [-0.2, 0) is 0 Å². The normalized spacial score (nSPS) is 11.7. The maximum atomic E-state index is 4.80. The Balaban J connectivity index is 2.33. The van der Waals surface area contributed by atoms with Crippen molar-refractivity contribution < 1.29 is 0 Å². The fourth-order valence-corrected chi connectivity index (χ4v) is 3.41. The summed E-state index contributed by atoms with van der Waals surface area (Å²) in [6, 6.07) is 2.17. The summed E-state index contributed by atoms with van der Waals surface area (Å²) >= 11 is 3.54.